The first-order valence-electron chi connectivity index (χ1n) is 2.78. The molecule has 0 spiro atoms. The summed E-state index contributed by atoms with van der Waals surface area (Å²) in [6.07, 6.45) is 3.36. The van der Waals surface area contributed by atoms with Gasteiger partial charge in [0.2, 0.25) is 0 Å². The van der Waals surface area contributed by atoms with E-state index in [1.807, 2.05) is 22.9 Å². The first kappa shape index (κ1) is 8.94. The standard InChI is InChI=1S/C6H11IN2/c1-5(2)6(3-8)4-9-7/h3-5H,8H2,1-2H3/b6-3+,9-4?. The number of nitrogens with two attached hydrogens (primary N) is 1. The molecule has 0 aliphatic heterocycles. The zero-order valence-electron chi connectivity index (χ0n) is 5.63. The van der Waals surface area contributed by atoms with Crippen molar-refractivity contribution in [2.45, 2.75) is 13.8 Å². The molecule has 3 heteroatoms. The molecule has 0 fully saturated rings. The fourth-order valence-electron chi connectivity index (χ4n) is 0.441. The van der Waals surface area contributed by atoms with Crippen LogP contribution in [0.5, 0.6) is 0 Å². The van der Waals surface area contributed by atoms with Gasteiger partial charge in [0.1, 0.15) is 0 Å². The minimum Gasteiger partial charge on any atom is -0.404 e. The highest BCUT2D eigenvalue weighted by Gasteiger charge is 1.96. The second-order valence-corrected chi connectivity index (χ2v) is 2.61. The van der Waals surface area contributed by atoms with Crippen LogP contribution in [0.2, 0.25) is 0 Å². The number of halogens is 1. The van der Waals surface area contributed by atoms with E-state index in [9.17, 15) is 0 Å². The Morgan fingerprint density at radius 2 is 2.22 bits per heavy atom. The van der Waals surface area contributed by atoms with Gasteiger partial charge >= 0.3 is 0 Å². The zero-order valence-corrected chi connectivity index (χ0v) is 7.79. The maximum Gasteiger partial charge on any atom is 0.0831 e. The van der Waals surface area contributed by atoms with Gasteiger partial charge in [-0.15, -0.1) is 0 Å². The summed E-state index contributed by atoms with van der Waals surface area (Å²) in [5.74, 6) is 0.466. The Kier molecular flexibility index (Phi) is 4.75. The predicted molar refractivity (Wildman–Crippen MR) is 49.6 cm³/mol. The Morgan fingerprint density at radius 1 is 1.67 bits per heavy atom. The highest BCUT2D eigenvalue weighted by atomic mass is 127. The molecule has 0 heterocycles. The van der Waals surface area contributed by atoms with E-state index in [0.717, 1.165) is 5.57 Å². The van der Waals surface area contributed by atoms with Crippen LogP contribution in [0.4, 0.5) is 0 Å². The molecule has 0 saturated heterocycles. The van der Waals surface area contributed by atoms with Gasteiger partial charge in [0.05, 0.1) is 22.9 Å². The Morgan fingerprint density at radius 3 is 2.33 bits per heavy atom. The lowest BCUT2D eigenvalue weighted by atomic mass is 10.1. The molecular weight excluding hydrogens is 227 g/mol. The molecule has 0 aliphatic rings. The maximum atomic E-state index is 5.30. The lowest BCUT2D eigenvalue weighted by molar-refractivity contribution is 0.804. The molecule has 0 saturated carbocycles. The van der Waals surface area contributed by atoms with Gasteiger partial charge in [-0.05, 0) is 17.7 Å². The summed E-state index contributed by atoms with van der Waals surface area (Å²) in [6.45, 7) is 4.16. The van der Waals surface area contributed by atoms with Crippen LogP contribution in [0.1, 0.15) is 13.8 Å². The molecule has 2 N–H and O–H groups in total. The van der Waals surface area contributed by atoms with Crippen molar-refractivity contribution in [1.82, 2.24) is 0 Å². The molecule has 0 rings (SSSR count). The normalized spacial score (nSPS) is 13.6. The van der Waals surface area contributed by atoms with Crippen molar-refractivity contribution >= 4 is 29.1 Å². The molecule has 0 aromatic heterocycles. The van der Waals surface area contributed by atoms with Crippen molar-refractivity contribution in [2.75, 3.05) is 0 Å². The van der Waals surface area contributed by atoms with Crippen molar-refractivity contribution in [3.63, 3.8) is 0 Å². The number of allylic oxidation sites excluding steroid dienone is 1. The fraction of sp³-hybridized carbons (Fsp3) is 0.500. The SMILES string of the molecule is CC(C)/C(C=NI)=C/N. The Balaban J connectivity index is 4.01. The van der Waals surface area contributed by atoms with Crippen molar-refractivity contribution in [2.24, 2.45) is 14.9 Å². The van der Waals surface area contributed by atoms with Crippen LogP contribution >= 0.6 is 22.9 Å². The summed E-state index contributed by atoms with van der Waals surface area (Å²) in [4.78, 5) is 0. The quantitative estimate of drug-likeness (QED) is 0.579. The minimum atomic E-state index is 0.466. The van der Waals surface area contributed by atoms with Crippen LogP contribution in [-0.4, -0.2) is 6.21 Å². The fourth-order valence-corrected chi connectivity index (χ4v) is 0.763. The Hall–Kier alpha value is -0.0600. The van der Waals surface area contributed by atoms with E-state index in [1.165, 1.54) is 0 Å². The molecule has 52 valence electrons. The highest BCUT2D eigenvalue weighted by molar-refractivity contribution is 14.1. The number of hydrogen-bond donors (Lipinski definition) is 1. The van der Waals surface area contributed by atoms with Crippen molar-refractivity contribution < 1.29 is 0 Å². The molecule has 2 nitrogen and oxygen atoms in total. The first-order valence-corrected chi connectivity index (χ1v) is 3.75. The third-order valence-corrected chi connectivity index (χ3v) is 1.34. The summed E-state index contributed by atoms with van der Waals surface area (Å²) in [7, 11) is 0. The average molecular weight is 238 g/mol. The molecule has 0 aromatic rings. The molecule has 0 aromatic carbocycles. The lowest BCUT2D eigenvalue weighted by Crippen LogP contribution is -1.98. The van der Waals surface area contributed by atoms with Gasteiger partial charge in [0.15, 0.2) is 0 Å². The van der Waals surface area contributed by atoms with E-state index in [-0.39, 0.29) is 0 Å². The molecule has 0 bridgehead atoms. The van der Waals surface area contributed by atoms with E-state index in [4.69, 9.17) is 5.73 Å². The molecule has 0 aliphatic carbocycles. The van der Waals surface area contributed by atoms with Crippen LogP contribution in [-0.2, 0) is 0 Å². The van der Waals surface area contributed by atoms with Gasteiger partial charge in [0.25, 0.3) is 0 Å². The molecule has 0 amide bonds. The Bertz CT molecular complexity index is 127. The molecular formula is C6H11IN2. The lowest BCUT2D eigenvalue weighted by Gasteiger charge is -2.01. The predicted octanol–water partition coefficient (Wildman–Crippen LogP) is 1.91. The summed E-state index contributed by atoms with van der Waals surface area (Å²) in [5.41, 5.74) is 6.38. The summed E-state index contributed by atoms with van der Waals surface area (Å²) in [6, 6.07) is 0. The smallest absolute Gasteiger partial charge is 0.0831 e. The minimum absolute atomic E-state index is 0.466. The number of rotatable bonds is 2. The summed E-state index contributed by atoms with van der Waals surface area (Å²) < 4.78 is 3.82. The van der Waals surface area contributed by atoms with E-state index in [2.05, 4.69) is 17.1 Å². The molecule has 0 unspecified atom stereocenters. The van der Waals surface area contributed by atoms with Crippen LogP contribution in [0.3, 0.4) is 0 Å². The molecule has 0 atom stereocenters. The second-order valence-electron chi connectivity index (χ2n) is 2.05. The molecule has 9 heavy (non-hydrogen) atoms. The van der Waals surface area contributed by atoms with Gasteiger partial charge in [-0.3, -0.25) is 0 Å². The van der Waals surface area contributed by atoms with Gasteiger partial charge < -0.3 is 5.73 Å². The highest BCUT2D eigenvalue weighted by Crippen LogP contribution is 2.04. The van der Waals surface area contributed by atoms with E-state index >= 15 is 0 Å². The summed E-state index contributed by atoms with van der Waals surface area (Å²) in [5, 5.41) is 0. The monoisotopic (exact) mass is 238 g/mol. The van der Waals surface area contributed by atoms with E-state index in [1.54, 1.807) is 12.4 Å². The van der Waals surface area contributed by atoms with Gasteiger partial charge in [-0.2, -0.15) is 0 Å². The largest absolute Gasteiger partial charge is 0.404 e. The third-order valence-electron chi connectivity index (χ3n) is 1.06. The third kappa shape index (κ3) is 3.51. The van der Waals surface area contributed by atoms with Gasteiger partial charge in [-0.1, -0.05) is 13.8 Å². The van der Waals surface area contributed by atoms with Crippen LogP contribution in [0, 0.1) is 5.92 Å². The van der Waals surface area contributed by atoms with Gasteiger partial charge in [-0.25, -0.2) is 3.21 Å². The number of nitrogens with zero attached hydrogens (tertiary/aromatic N) is 1. The second kappa shape index (κ2) is 4.78. The first-order chi connectivity index (χ1) is 4.22. The van der Waals surface area contributed by atoms with E-state index in [0.29, 0.717) is 5.92 Å². The number of hydrogen-bond acceptors (Lipinski definition) is 2. The topological polar surface area (TPSA) is 38.4 Å². The van der Waals surface area contributed by atoms with E-state index < -0.39 is 0 Å². The molecule has 0 radical (unpaired) electrons. The van der Waals surface area contributed by atoms with Crippen molar-refractivity contribution in [1.29, 1.82) is 0 Å². The summed E-state index contributed by atoms with van der Waals surface area (Å²) >= 11 is 1.93. The average Bonchev–Trinajstić information content (AvgIpc) is 1.82. The van der Waals surface area contributed by atoms with Crippen LogP contribution in [0.25, 0.3) is 0 Å². The zero-order chi connectivity index (χ0) is 7.28. The maximum absolute atomic E-state index is 5.30. The van der Waals surface area contributed by atoms with Crippen LogP contribution in [0.15, 0.2) is 15.0 Å². The van der Waals surface area contributed by atoms with Crippen molar-refractivity contribution in [3.05, 3.63) is 11.8 Å². The van der Waals surface area contributed by atoms with Crippen LogP contribution < -0.4 is 5.73 Å². The van der Waals surface area contributed by atoms with Crippen molar-refractivity contribution in [3.8, 4) is 0 Å². The van der Waals surface area contributed by atoms with Gasteiger partial charge in [0, 0.05) is 6.21 Å². The Labute approximate surface area is 69.7 Å².